The number of esters is 1. The Morgan fingerprint density at radius 1 is 1.31 bits per heavy atom. The average Bonchev–Trinajstić information content (AvgIpc) is 2.91. The van der Waals surface area contributed by atoms with Crippen LogP contribution in [0.4, 0.5) is 0 Å². The highest BCUT2D eigenvalue weighted by molar-refractivity contribution is 14.1. The zero-order chi connectivity index (χ0) is 18.4. The number of ether oxygens (including phenoxy) is 2. The molecule has 134 valence electrons. The van der Waals surface area contributed by atoms with Gasteiger partial charge in [0.1, 0.15) is 18.5 Å². The first-order valence-corrected chi connectivity index (χ1v) is 9.93. The number of hydrogen-bond donors (Lipinski definition) is 0. The largest absolute Gasteiger partial charge is 0.489 e. The maximum absolute atomic E-state index is 12.0. The number of benzene rings is 2. The fraction of sp³-hybridized carbons (Fsp3) is 0.318. The van der Waals surface area contributed by atoms with Crippen molar-refractivity contribution in [1.82, 2.24) is 0 Å². The standard InChI is InChI=1S/C22H21IO3/c1-12-9-19(25-11-15-5-4-6-16(23)10-15)14(3)20-17(12)7-8-18-13(2)22(24)26-21(18)20/h4-6,9-10,18,21H,2,7-8,11H2,1,3H3/t18-,21+/m0/s1. The minimum absolute atomic E-state index is 0.0963. The number of hydrogen-bond acceptors (Lipinski definition) is 3. The molecule has 2 aromatic carbocycles. The molecule has 1 heterocycles. The molecule has 0 amide bonds. The molecule has 26 heavy (non-hydrogen) atoms. The predicted molar refractivity (Wildman–Crippen MR) is 109 cm³/mol. The zero-order valence-corrected chi connectivity index (χ0v) is 17.1. The van der Waals surface area contributed by atoms with Gasteiger partial charge in [-0.1, -0.05) is 18.7 Å². The number of carbonyl (C=O) groups is 1. The Balaban J connectivity index is 1.68. The number of fused-ring (bicyclic) bond motifs is 3. The van der Waals surface area contributed by atoms with Crippen LogP contribution in [0.25, 0.3) is 0 Å². The van der Waals surface area contributed by atoms with Crippen molar-refractivity contribution in [1.29, 1.82) is 0 Å². The lowest BCUT2D eigenvalue weighted by Gasteiger charge is -2.30. The van der Waals surface area contributed by atoms with Gasteiger partial charge in [-0.2, -0.15) is 0 Å². The molecule has 0 spiro atoms. The van der Waals surface area contributed by atoms with Gasteiger partial charge in [-0.3, -0.25) is 0 Å². The molecule has 1 aliphatic carbocycles. The Kier molecular flexibility index (Phi) is 4.55. The van der Waals surface area contributed by atoms with Crippen molar-refractivity contribution in [2.24, 2.45) is 5.92 Å². The van der Waals surface area contributed by atoms with Gasteiger partial charge in [-0.15, -0.1) is 0 Å². The normalized spacial score (nSPS) is 21.2. The molecule has 0 bridgehead atoms. The van der Waals surface area contributed by atoms with Gasteiger partial charge >= 0.3 is 5.97 Å². The van der Waals surface area contributed by atoms with Crippen LogP contribution in [0, 0.1) is 23.3 Å². The molecular weight excluding hydrogens is 439 g/mol. The molecule has 2 atom stereocenters. The van der Waals surface area contributed by atoms with Gasteiger partial charge in [0.15, 0.2) is 0 Å². The lowest BCUT2D eigenvalue weighted by Crippen LogP contribution is -2.20. The maximum Gasteiger partial charge on any atom is 0.334 e. The topological polar surface area (TPSA) is 35.5 Å². The van der Waals surface area contributed by atoms with E-state index in [1.54, 1.807) is 0 Å². The highest BCUT2D eigenvalue weighted by atomic mass is 127. The molecule has 3 nitrogen and oxygen atoms in total. The van der Waals surface area contributed by atoms with Crippen LogP contribution >= 0.6 is 22.6 Å². The monoisotopic (exact) mass is 460 g/mol. The van der Waals surface area contributed by atoms with Crippen LogP contribution in [0.3, 0.4) is 0 Å². The first-order valence-electron chi connectivity index (χ1n) is 8.85. The van der Waals surface area contributed by atoms with E-state index >= 15 is 0 Å². The first-order chi connectivity index (χ1) is 12.5. The second-order valence-corrected chi connectivity index (χ2v) is 8.37. The Hall–Kier alpha value is -1.82. The Morgan fingerprint density at radius 3 is 2.88 bits per heavy atom. The third-order valence-electron chi connectivity index (χ3n) is 5.50. The fourth-order valence-corrected chi connectivity index (χ4v) is 4.72. The second-order valence-electron chi connectivity index (χ2n) is 7.12. The van der Waals surface area contributed by atoms with Crippen LogP contribution < -0.4 is 4.74 Å². The van der Waals surface area contributed by atoms with E-state index in [2.05, 4.69) is 67.3 Å². The summed E-state index contributed by atoms with van der Waals surface area (Å²) in [6.45, 7) is 8.65. The van der Waals surface area contributed by atoms with Crippen LogP contribution in [0.2, 0.25) is 0 Å². The summed E-state index contributed by atoms with van der Waals surface area (Å²) in [5, 5.41) is 0. The van der Waals surface area contributed by atoms with E-state index in [4.69, 9.17) is 9.47 Å². The van der Waals surface area contributed by atoms with Gasteiger partial charge in [-0.25, -0.2) is 4.79 Å². The third-order valence-corrected chi connectivity index (χ3v) is 6.18. The molecule has 0 saturated carbocycles. The lowest BCUT2D eigenvalue weighted by atomic mass is 9.76. The Labute approximate surface area is 167 Å². The molecule has 0 unspecified atom stereocenters. The summed E-state index contributed by atoms with van der Waals surface area (Å²) in [6.07, 6.45) is 1.67. The average molecular weight is 460 g/mol. The van der Waals surface area contributed by atoms with Crippen molar-refractivity contribution in [2.75, 3.05) is 0 Å². The van der Waals surface area contributed by atoms with E-state index in [-0.39, 0.29) is 18.0 Å². The second kappa shape index (κ2) is 6.72. The third kappa shape index (κ3) is 2.94. The molecule has 0 aromatic heterocycles. The van der Waals surface area contributed by atoms with Crippen molar-refractivity contribution in [2.45, 2.75) is 39.4 Å². The van der Waals surface area contributed by atoms with E-state index in [1.807, 2.05) is 6.07 Å². The van der Waals surface area contributed by atoms with Crippen LogP contribution in [-0.2, 0) is 22.6 Å². The minimum Gasteiger partial charge on any atom is -0.489 e. The number of rotatable bonds is 3. The van der Waals surface area contributed by atoms with Gasteiger partial charge < -0.3 is 9.47 Å². The smallest absolute Gasteiger partial charge is 0.334 e. The van der Waals surface area contributed by atoms with E-state index < -0.39 is 0 Å². The zero-order valence-electron chi connectivity index (χ0n) is 15.0. The van der Waals surface area contributed by atoms with Crippen molar-refractivity contribution < 1.29 is 14.3 Å². The summed E-state index contributed by atoms with van der Waals surface area (Å²) >= 11 is 2.31. The van der Waals surface area contributed by atoms with E-state index in [1.165, 1.54) is 14.7 Å². The fourth-order valence-electron chi connectivity index (χ4n) is 4.11. The quantitative estimate of drug-likeness (QED) is 0.359. The van der Waals surface area contributed by atoms with Crippen LogP contribution in [0.15, 0.2) is 42.5 Å². The maximum atomic E-state index is 12.0. The Morgan fingerprint density at radius 2 is 2.12 bits per heavy atom. The van der Waals surface area contributed by atoms with E-state index in [9.17, 15) is 4.79 Å². The molecule has 2 aromatic rings. The number of carbonyl (C=O) groups excluding carboxylic acids is 1. The summed E-state index contributed by atoms with van der Waals surface area (Å²) < 4.78 is 13.0. The molecule has 1 aliphatic heterocycles. The van der Waals surface area contributed by atoms with Gasteiger partial charge in [0.25, 0.3) is 0 Å². The van der Waals surface area contributed by atoms with E-state index in [0.717, 1.165) is 35.3 Å². The lowest BCUT2D eigenvalue weighted by molar-refractivity contribution is -0.139. The van der Waals surface area contributed by atoms with Crippen molar-refractivity contribution in [3.63, 3.8) is 0 Å². The highest BCUT2D eigenvalue weighted by Crippen LogP contribution is 2.49. The first kappa shape index (κ1) is 17.6. The summed E-state index contributed by atoms with van der Waals surface area (Å²) in [4.78, 5) is 12.0. The molecule has 2 aliphatic rings. The minimum atomic E-state index is -0.255. The molecule has 1 saturated heterocycles. The Bertz CT molecular complexity index is 916. The molecule has 0 radical (unpaired) electrons. The van der Waals surface area contributed by atoms with Gasteiger partial charge in [0, 0.05) is 20.6 Å². The highest BCUT2D eigenvalue weighted by Gasteiger charge is 2.44. The van der Waals surface area contributed by atoms with Crippen molar-refractivity contribution in [3.05, 3.63) is 73.9 Å². The predicted octanol–water partition coefficient (Wildman–Crippen LogP) is 5.20. The number of aryl methyl sites for hydroxylation is 1. The van der Waals surface area contributed by atoms with E-state index in [0.29, 0.717) is 12.2 Å². The van der Waals surface area contributed by atoms with Crippen molar-refractivity contribution in [3.8, 4) is 5.75 Å². The molecule has 1 fully saturated rings. The molecule has 4 rings (SSSR count). The van der Waals surface area contributed by atoms with Crippen LogP contribution in [-0.4, -0.2) is 5.97 Å². The molecule has 0 N–H and O–H groups in total. The van der Waals surface area contributed by atoms with Gasteiger partial charge in [0.2, 0.25) is 0 Å². The van der Waals surface area contributed by atoms with Gasteiger partial charge in [-0.05, 0) is 89.7 Å². The summed E-state index contributed by atoms with van der Waals surface area (Å²) in [5.41, 5.74) is 6.47. The molecular formula is C22H21IO3. The van der Waals surface area contributed by atoms with Crippen molar-refractivity contribution >= 4 is 28.6 Å². The van der Waals surface area contributed by atoms with Crippen LogP contribution in [0.5, 0.6) is 5.75 Å². The summed E-state index contributed by atoms with van der Waals surface area (Å²) in [7, 11) is 0. The molecule has 4 heteroatoms. The summed E-state index contributed by atoms with van der Waals surface area (Å²) in [6, 6.07) is 10.4. The number of halogens is 1. The SMILES string of the molecule is C=C1C(=O)O[C@H]2c3c(C)c(OCc4cccc(I)c4)cc(C)c3CC[C@@H]12. The van der Waals surface area contributed by atoms with Crippen LogP contribution in [0.1, 0.15) is 40.3 Å². The van der Waals surface area contributed by atoms with Gasteiger partial charge in [0.05, 0.1) is 0 Å². The summed E-state index contributed by atoms with van der Waals surface area (Å²) in [5.74, 6) is 0.712.